The first-order chi connectivity index (χ1) is 12.0. The van der Waals surface area contributed by atoms with Crippen LogP contribution in [0.5, 0.6) is 0 Å². The Morgan fingerprint density at radius 3 is 2.60 bits per heavy atom. The third-order valence-corrected chi connectivity index (χ3v) is 6.52. The molecule has 0 amide bonds. The van der Waals surface area contributed by atoms with Gasteiger partial charge in [-0.05, 0) is 48.1 Å². The second-order valence-electron chi connectivity index (χ2n) is 5.56. The monoisotopic (exact) mass is 373 g/mol. The number of hydrogen-bond acceptors (Lipinski definition) is 5. The number of nitrogens with one attached hydrogen (secondary N) is 2. The van der Waals surface area contributed by atoms with Crippen LogP contribution in [0.4, 0.5) is 17.2 Å². The fourth-order valence-corrected chi connectivity index (χ4v) is 4.48. The predicted octanol–water partition coefficient (Wildman–Crippen LogP) is 4.56. The lowest BCUT2D eigenvalue weighted by atomic mass is 10.1. The van der Waals surface area contributed by atoms with Gasteiger partial charge in [0, 0.05) is 5.69 Å². The van der Waals surface area contributed by atoms with Gasteiger partial charge in [0.1, 0.15) is 10.0 Å². The van der Waals surface area contributed by atoms with Crippen molar-refractivity contribution in [1.29, 1.82) is 0 Å². The number of benzene rings is 1. The standard InChI is InChI=1S/C18H19N3O2S2/c1-3-14-7-4-6-13(2)18(14)20-15-9-10-16(19-12-15)21-25(22,23)17-8-5-11-24-17/h4-12,20H,3H2,1-2H3,(H,19,21). The van der Waals surface area contributed by atoms with Crippen molar-refractivity contribution in [1.82, 2.24) is 4.98 Å². The largest absolute Gasteiger partial charge is 0.354 e. The van der Waals surface area contributed by atoms with Gasteiger partial charge in [0.2, 0.25) is 0 Å². The number of aryl methyl sites for hydroxylation is 2. The number of sulfonamides is 1. The lowest BCUT2D eigenvalue weighted by Crippen LogP contribution is -2.12. The highest BCUT2D eigenvalue weighted by Gasteiger charge is 2.15. The minimum absolute atomic E-state index is 0.268. The quantitative estimate of drug-likeness (QED) is 0.664. The summed E-state index contributed by atoms with van der Waals surface area (Å²) in [6.07, 6.45) is 2.55. The summed E-state index contributed by atoms with van der Waals surface area (Å²) in [5.74, 6) is 0.291. The Morgan fingerprint density at radius 1 is 1.12 bits per heavy atom. The first-order valence-corrected chi connectivity index (χ1v) is 10.2. The second-order valence-corrected chi connectivity index (χ2v) is 8.41. The molecule has 0 saturated carbocycles. The van der Waals surface area contributed by atoms with Crippen LogP contribution >= 0.6 is 11.3 Å². The van der Waals surface area contributed by atoms with Crippen molar-refractivity contribution >= 4 is 38.6 Å². The molecule has 5 nitrogen and oxygen atoms in total. The van der Waals surface area contributed by atoms with E-state index in [-0.39, 0.29) is 4.21 Å². The molecule has 3 rings (SSSR count). The van der Waals surface area contributed by atoms with E-state index in [0.29, 0.717) is 5.82 Å². The van der Waals surface area contributed by atoms with Crippen LogP contribution in [0.2, 0.25) is 0 Å². The van der Waals surface area contributed by atoms with Crippen LogP contribution in [0.25, 0.3) is 0 Å². The van der Waals surface area contributed by atoms with Crippen molar-refractivity contribution in [3.8, 4) is 0 Å². The minimum Gasteiger partial charge on any atom is -0.354 e. The summed E-state index contributed by atoms with van der Waals surface area (Å²) in [4.78, 5) is 4.21. The van der Waals surface area contributed by atoms with Gasteiger partial charge in [-0.3, -0.25) is 4.72 Å². The van der Waals surface area contributed by atoms with E-state index in [1.807, 2.05) is 12.1 Å². The average Bonchev–Trinajstić information content (AvgIpc) is 3.13. The first kappa shape index (κ1) is 17.4. The summed E-state index contributed by atoms with van der Waals surface area (Å²) in [7, 11) is -3.57. The van der Waals surface area contributed by atoms with Gasteiger partial charge in [-0.25, -0.2) is 13.4 Å². The van der Waals surface area contributed by atoms with Crippen LogP contribution in [-0.2, 0) is 16.4 Å². The molecule has 1 aromatic carbocycles. The maximum atomic E-state index is 12.2. The molecule has 0 fully saturated rings. The topological polar surface area (TPSA) is 71.1 Å². The molecule has 0 unspecified atom stereocenters. The van der Waals surface area contributed by atoms with Crippen LogP contribution in [-0.4, -0.2) is 13.4 Å². The molecule has 2 aromatic heterocycles. The Hall–Kier alpha value is -2.38. The zero-order chi connectivity index (χ0) is 17.9. The fourth-order valence-electron chi connectivity index (χ4n) is 2.48. The smallest absolute Gasteiger partial charge is 0.272 e. The molecule has 2 N–H and O–H groups in total. The number of thiophene rings is 1. The highest BCUT2D eigenvalue weighted by atomic mass is 32.2. The van der Waals surface area contributed by atoms with Crippen LogP contribution in [0, 0.1) is 6.92 Å². The molecule has 3 aromatic rings. The maximum absolute atomic E-state index is 12.2. The molecule has 0 atom stereocenters. The van der Waals surface area contributed by atoms with E-state index < -0.39 is 10.0 Å². The van der Waals surface area contributed by atoms with Gasteiger partial charge >= 0.3 is 0 Å². The Kier molecular flexibility index (Phi) is 5.06. The molecular weight excluding hydrogens is 354 g/mol. The first-order valence-electron chi connectivity index (χ1n) is 7.87. The van der Waals surface area contributed by atoms with Crippen molar-refractivity contribution in [2.45, 2.75) is 24.5 Å². The van der Waals surface area contributed by atoms with Crippen molar-refractivity contribution in [3.63, 3.8) is 0 Å². The Morgan fingerprint density at radius 2 is 1.96 bits per heavy atom. The predicted molar refractivity (Wildman–Crippen MR) is 103 cm³/mol. The van der Waals surface area contributed by atoms with E-state index in [1.165, 1.54) is 16.9 Å². The molecule has 0 aliphatic rings. The van der Waals surface area contributed by atoms with Gasteiger partial charge in [-0.2, -0.15) is 0 Å². The van der Waals surface area contributed by atoms with E-state index in [4.69, 9.17) is 0 Å². The molecule has 0 radical (unpaired) electrons. The summed E-state index contributed by atoms with van der Waals surface area (Å²) in [5.41, 5.74) is 4.26. The van der Waals surface area contributed by atoms with Gasteiger partial charge in [-0.15, -0.1) is 11.3 Å². The lowest BCUT2D eigenvalue weighted by molar-refractivity contribution is 0.603. The number of aromatic nitrogens is 1. The Balaban J connectivity index is 1.78. The van der Waals surface area contributed by atoms with Gasteiger partial charge in [-0.1, -0.05) is 31.2 Å². The summed E-state index contributed by atoms with van der Waals surface area (Å²) >= 11 is 1.17. The van der Waals surface area contributed by atoms with Gasteiger partial charge in [0.25, 0.3) is 10.0 Å². The maximum Gasteiger partial charge on any atom is 0.272 e. The highest BCUT2D eigenvalue weighted by Crippen LogP contribution is 2.26. The van der Waals surface area contributed by atoms with E-state index in [1.54, 1.807) is 29.8 Å². The molecule has 25 heavy (non-hydrogen) atoms. The zero-order valence-corrected chi connectivity index (χ0v) is 15.6. The highest BCUT2D eigenvalue weighted by molar-refractivity contribution is 7.94. The van der Waals surface area contributed by atoms with Crippen molar-refractivity contribution in [2.75, 3.05) is 10.0 Å². The van der Waals surface area contributed by atoms with Crippen LogP contribution < -0.4 is 10.0 Å². The molecule has 130 valence electrons. The SMILES string of the molecule is CCc1cccc(C)c1Nc1ccc(NS(=O)(=O)c2cccs2)nc1. The molecule has 0 spiro atoms. The third-order valence-electron chi connectivity index (χ3n) is 3.77. The van der Waals surface area contributed by atoms with Crippen LogP contribution in [0.1, 0.15) is 18.1 Å². The van der Waals surface area contributed by atoms with Crippen molar-refractivity contribution < 1.29 is 8.42 Å². The van der Waals surface area contributed by atoms with E-state index in [0.717, 1.165) is 23.4 Å². The van der Waals surface area contributed by atoms with E-state index >= 15 is 0 Å². The number of pyridine rings is 1. The summed E-state index contributed by atoms with van der Waals surface area (Å²) < 4.78 is 27.2. The lowest BCUT2D eigenvalue weighted by Gasteiger charge is -2.14. The Bertz CT molecular complexity index is 950. The summed E-state index contributed by atoms with van der Waals surface area (Å²) in [6.45, 7) is 4.17. The molecular formula is C18H19N3O2S2. The molecule has 7 heteroatoms. The number of rotatable bonds is 6. The van der Waals surface area contributed by atoms with Crippen LogP contribution in [0.15, 0.2) is 58.3 Å². The average molecular weight is 374 g/mol. The number of nitrogens with zero attached hydrogens (tertiary/aromatic N) is 1. The second kappa shape index (κ2) is 7.25. The number of anilines is 3. The molecule has 0 bridgehead atoms. The Labute approximate surface area is 151 Å². The summed E-state index contributed by atoms with van der Waals surface area (Å²) in [5, 5.41) is 5.10. The van der Waals surface area contributed by atoms with Crippen molar-refractivity contribution in [2.24, 2.45) is 0 Å². The van der Waals surface area contributed by atoms with Crippen LogP contribution in [0.3, 0.4) is 0 Å². The molecule has 0 saturated heterocycles. The van der Waals surface area contributed by atoms with Gasteiger partial charge in [0.05, 0.1) is 11.9 Å². The van der Waals surface area contributed by atoms with E-state index in [2.05, 4.69) is 41.0 Å². The third kappa shape index (κ3) is 4.00. The normalized spacial score (nSPS) is 11.3. The summed E-state index contributed by atoms with van der Waals surface area (Å²) in [6, 6.07) is 12.9. The minimum atomic E-state index is -3.57. The molecule has 0 aliphatic heterocycles. The molecule has 0 aliphatic carbocycles. The van der Waals surface area contributed by atoms with E-state index in [9.17, 15) is 8.42 Å². The zero-order valence-electron chi connectivity index (χ0n) is 14.0. The number of hydrogen-bond donors (Lipinski definition) is 2. The number of para-hydroxylation sites is 1. The van der Waals surface area contributed by atoms with Crippen molar-refractivity contribution in [3.05, 3.63) is 65.2 Å². The fraction of sp³-hybridized carbons (Fsp3) is 0.167. The molecule has 2 heterocycles. The van der Waals surface area contributed by atoms with Gasteiger partial charge < -0.3 is 5.32 Å². The van der Waals surface area contributed by atoms with Gasteiger partial charge in [0.15, 0.2) is 0 Å².